The molecule has 0 aliphatic heterocycles. The quantitative estimate of drug-likeness (QED) is 0.203. The monoisotopic (exact) mass is 570 g/mol. The average Bonchev–Trinajstić information content (AvgIpc) is 2.99. The summed E-state index contributed by atoms with van der Waals surface area (Å²) in [5.41, 5.74) is 5.68. The molecule has 0 aliphatic carbocycles. The third-order valence-corrected chi connectivity index (χ3v) is 6.71. The SMILES string of the molecule is C=Cc1ccc(OP)c(-c2c(OPCC)ccc(C=C)c2C=C)c1C=C.CCC.Oc1cccc2ccccc12. The average molecular weight is 571 g/mol. The van der Waals surface area contributed by atoms with E-state index in [1.165, 1.54) is 6.42 Å². The normalized spacial score (nSPS) is 10.1. The van der Waals surface area contributed by atoms with E-state index in [1.807, 2.05) is 85.0 Å². The number of benzene rings is 4. The molecular formula is C35H40O3P2. The fourth-order valence-electron chi connectivity index (χ4n) is 4.08. The molecule has 4 rings (SSSR count). The highest BCUT2D eigenvalue weighted by Crippen LogP contribution is 2.46. The molecule has 40 heavy (non-hydrogen) atoms. The summed E-state index contributed by atoms with van der Waals surface area (Å²) in [6.45, 7) is 22.2. The smallest absolute Gasteiger partial charge is 0.131 e. The van der Waals surface area contributed by atoms with Gasteiger partial charge >= 0.3 is 0 Å². The van der Waals surface area contributed by atoms with Crippen molar-refractivity contribution < 1.29 is 14.2 Å². The van der Waals surface area contributed by atoms with Crippen molar-refractivity contribution in [3.63, 3.8) is 0 Å². The summed E-state index contributed by atoms with van der Waals surface area (Å²) in [6.07, 6.45) is 9.47. The van der Waals surface area contributed by atoms with Gasteiger partial charge in [-0.2, -0.15) is 0 Å². The lowest BCUT2D eigenvalue weighted by Crippen LogP contribution is -1.97. The molecule has 2 atom stereocenters. The molecule has 0 radical (unpaired) electrons. The number of phenols is 1. The molecule has 2 unspecified atom stereocenters. The first-order valence-corrected chi connectivity index (χ1v) is 14.8. The van der Waals surface area contributed by atoms with Gasteiger partial charge in [0, 0.05) is 16.5 Å². The maximum atomic E-state index is 9.37. The number of rotatable bonds is 9. The van der Waals surface area contributed by atoms with Crippen LogP contribution in [-0.2, 0) is 0 Å². The van der Waals surface area contributed by atoms with Crippen LogP contribution in [0.15, 0.2) is 93.0 Å². The van der Waals surface area contributed by atoms with Gasteiger partial charge in [0.2, 0.25) is 0 Å². The first-order valence-electron chi connectivity index (χ1n) is 13.2. The maximum absolute atomic E-state index is 9.37. The summed E-state index contributed by atoms with van der Waals surface area (Å²) < 4.78 is 11.7. The number of phenolic OH excluding ortho intramolecular Hbond substituents is 1. The summed E-state index contributed by atoms with van der Waals surface area (Å²) in [7, 11) is 2.69. The Kier molecular flexibility index (Phi) is 14.0. The minimum Gasteiger partial charge on any atom is -0.507 e. The van der Waals surface area contributed by atoms with Crippen molar-refractivity contribution in [3.05, 3.63) is 115 Å². The summed E-state index contributed by atoms with van der Waals surface area (Å²) in [4.78, 5) is 0. The lowest BCUT2D eigenvalue weighted by Gasteiger charge is -2.21. The van der Waals surface area contributed by atoms with Gasteiger partial charge in [-0.1, -0.05) is 126 Å². The molecule has 0 bridgehead atoms. The third-order valence-electron chi connectivity index (χ3n) is 5.80. The van der Waals surface area contributed by atoms with Crippen LogP contribution < -0.4 is 9.05 Å². The van der Waals surface area contributed by atoms with Crippen LogP contribution in [-0.4, -0.2) is 11.3 Å². The number of hydrogen-bond acceptors (Lipinski definition) is 3. The van der Waals surface area contributed by atoms with Crippen LogP contribution in [0.5, 0.6) is 17.2 Å². The van der Waals surface area contributed by atoms with Gasteiger partial charge in [0.05, 0.1) is 18.3 Å². The van der Waals surface area contributed by atoms with Crippen molar-refractivity contribution in [2.75, 3.05) is 6.16 Å². The van der Waals surface area contributed by atoms with E-state index in [4.69, 9.17) is 9.05 Å². The molecule has 5 heteroatoms. The molecule has 4 aromatic carbocycles. The molecule has 1 N–H and O–H groups in total. The molecule has 208 valence electrons. The van der Waals surface area contributed by atoms with Crippen LogP contribution >= 0.6 is 18.3 Å². The van der Waals surface area contributed by atoms with E-state index in [-0.39, 0.29) is 0 Å². The molecular weight excluding hydrogens is 530 g/mol. The van der Waals surface area contributed by atoms with Crippen molar-refractivity contribution in [3.8, 4) is 28.4 Å². The van der Waals surface area contributed by atoms with Gasteiger partial charge in [-0.25, -0.2) is 0 Å². The van der Waals surface area contributed by atoms with Gasteiger partial charge in [0.1, 0.15) is 17.2 Å². The largest absolute Gasteiger partial charge is 0.507 e. The molecule has 3 nitrogen and oxygen atoms in total. The minimum atomic E-state index is 0.350. The van der Waals surface area contributed by atoms with Crippen LogP contribution in [0.3, 0.4) is 0 Å². The Labute approximate surface area is 244 Å². The molecule has 0 spiro atoms. The first-order chi connectivity index (χ1) is 19.4. The van der Waals surface area contributed by atoms with Crippen molar-refractivity contribution in [2.45, 2.75) is 27.2 Å². The Hall–Kier alpha value is -3.64. The van der Waals surface area contributed by atoms with E-state index >= 15 is 0 Å². The molecule has 0 heterocycles. The molecule has 0 saturated carbocycles. The maximum Gasteiger partial charge on any atom is 0.131 e. The first kappa shape index (κ1) is 32.6. The molecule has 0 fully saturated rings. The Morgan fingerprint density at radius 2 is 1.25 bits per heavy atom. The Balaban J connectivity index is 0.000000328. The lowest BCUT2D eigenvalue weighted by atomic mass is 9.88. The van der Waals surface area contributed by atoms with E-state index < -0.39 is 0 Å². The third kappa shape index (κ3) is 7.95. The zero-order valence-corrected chi connectivity index (χ0v) is 25.9. The fourth-order valence-corrected chi connectivity index (χ4v) is 4.75. The second kappa shape index (κ2) is 17.1. The Morgan fingerprint density at radius 3 is 1.75 bits per heavy atom. The van der Waals surface area contributed by atoms with Crippen LogP contribution in [0, 0.1) is 0 Å². The van der Waals surface area contributed by atoms with Crippen molar-refractivity contribution in [2.24, 2.45) is 0 Å². The van der Waals surface area contributed by atoms with Crippen LogP contribution in [0.25, 0.3) is 46.2 Å². The second-order valence-corrected chi connectivity index (χ2v) is 10.1. The van der Waals surface area contributed by atoms with E-state index in [1.54, 1.807) is 6.07 Å². The van der Waals surface area contributed by atoms with Gasteiger partial charge < -0.3 is 14.2 Å². The Morgan fingerprint density at radius 1 is 0.725 bits per heavy atom. The van der Waals surface area contributed by atoms with Gasteiger partial charge in [0.15, 0.2) is 0 Å². The van der Waals surface area contributed by atoms with Crippen LogP contribution in [0.4, 0.5) is 0 Å². The van der Waals surface area contributed by atoms with Crippen LogP contribution in [0.2, 0.25) is 0 Å². The van der Waals surface area contributed by atoms with Gasteiger partial charge in [0.25, 0.3) is 0 Å². The molecule has 0 saturated heterocycles. The van der Waals surface area contributed by atoms with Crippen LogP contribution in [0.1, 0.15) is 49.4 Å². The molecule has 4 aromatic rings. The predicted molar refractivity (Wildman–Crippen MR) is 184 cm³/mol. The zero-order chi connectivity index (χ0) is 29.5. The topological polar surface area (TPSA) is 38.7 Å². The van der Waals surface area contributed by atoms with E-state index in [0.717, 1.165) is 56.1 Å². The summed E-state index contributed by atoms with van der Waals surface area (Å²) in [5.74, 6) is 1.85. The summed E-state index contributed by atoms with van der Waals surface area (Å²) in [5, 5.41) is 11.4. The van der Waals surface area contributed by atoms with E-state index in [9.17, 15) is 5.11 Å². The lowest BCUT2D eigenvalue weighted by molar-refractivity contribution is 0.481. The zero-order valence-electron chi connectivity index (χ0n) is 23.7. The standard InChI is InChI=1S/C22H24O2P2.C10H8O.C3H8/c1-6-15-11-13-19(23-25)21(17(15)8-3)22-18(9-4)16(7-2)12-14-20(22)24-26-10-5;11-10-7-3-5-8-4-1-2-6-9(8)10;1-3-2/h6-9,11-14,26H,1-4,10,25H2,5H3;1-7,11H;3H2,1-2H3. The second-order valence-electron chi connectivity index (χ2n) is 8.62. The number of hydrogen-bond donors (Lipinski definition) is 1. The summed E-state index contributed by atoms with van der Waals surface area (Å²) in [6, 6.07) is 21.1. The number of fused-ring (bicyclic) bond motifs is 1. The predicted octanol–water partition coefficient (Wildman–Crippen LogP) is 11.0. The van der Waals surface area contributed by atoms with Gasteiger partial charge in [-0.3, -0.25) is 0 Å². The highest BCUT2D eigenvalue weighted by atomic mass is 31.1. The Bertz CT molecular complexity index is 1450. The molecule has 0 aliphatic rings. The molecule has 0 aromatic heterocycles. The fraction of sp³-hybridized carbons (Fsp3) is 0.143. The van der Waals surface area contributed by atoms with Crippen molar-refractivity contribution in [1.82, 2.24) is 0 Å². The summed E-state index contributed by atoms with van der Waals surface area (Å²) >= 11 is 0. The minimum absolute atomic E-state index is 0.350. The van der Waals surface area contributed by atoms with Gasteiger partial charge in [-0.15, -0.1) is 0 Å². The van der Waals surface area contributed by atoms with Gasteiger partial charge in [-0.05, 0) is 52.0 Å². The number of aromatic hydroxyl groups is 1. The van der Waals surface area contributed by atoms with E-state index in [0.29, 0.717) is 20.3 Å². The molecule has 0 amide bonds. The van der Waals surface area contributed by atoms with Crippen molar-refractivity contribution in [1.29, 1.82) is 0 Å². The highest BCUT2D eigenvalue weighted by molar-refractivity contribution is 7.32. The van der Waals surface area contributed by atoms with E-state index in [2.05, 4.69) is 56.6 Å². The van der Waals surface area contributed by atoms with Crippen molar-refractivity contribution >= 4 is 53.4 Å². The highest BCUT2D eigenvalue weighted by Gasteiger charge is 2.21.